The molecule has 0 N–H and O–H groups in total. The molecule has 0 bridgehead atoms. The molecule has 0 aliphatic heterocycles. The van der Waals surface area contributed by atoms with E-state index in [4.69, 9.17) is 9.72 Å². The molecule has 3 aromatic rings. The molecular formula is C16H18N4O. The molecule has 5 nitrogen and oxygen atoms in total. The Balaban J connectivity index is 2.32. The molecule has 0 aliphatic carbocycles. The van der Waals surface area contributed by atoms with Gasteiger partial charge < -0.3 is 4.74 Å². The Labute approximate surface area is 123 Å². The minimum Gasteiger partial charge on any atom is -0.497 e. The summed E-state index contributed by atoms with van der Waals surface area (Å²) in [7, 11) is 1.67. The van der Waals surface area contributed by atoms with Crippen molar-refractivity contribution < 1.29 is 4.74 Å². The highest BCUT2D eigenvalue weighted by atomic mass is 16.5. The summed E-state index contributed by atoms with van der Waals surface area (Å²) in [5, 5.41) is 6.39. The van der Waals surface area contributed by atoms with E-state index >= 15 is 0 Å². The lowest BCUT2D eigenvalue weighted by atomic mass is 9.88. The molecule has 0 aliphatic rings. The van der Waals surface area contributed by atoms with E-state index < -0.39 is 0 Å². The maximum atomic E-state index is 5.32. The molecule has 2 heterocycles. The lowest BCUT2D eigenvalue weighted by Crippen LogP contribution is -2.16. The molecule has 0 saturated carbocycles. The minimum absolute atomic E-state index is 0.0660. The molecule has 0 atom stereocenters. The SMILES string of the molecule is COc1ccc2c(C(C)(C)C)nc(-n3cncn3)cc2c1. The molecule has 0 amide bonds. The second-order valence-corrected chi connectivity index (χ2v) is 6.01. The minimum atomic E-state index is -0.0660. The molecular weight excluding hydrogens is 264 g/mol. The summed E-state index contributed by atoms with van der Waals surface area (Å²) in [6, 6.07) is 8.05. The van der Waals surface area contributed by atoms with Crippen molar-refractivity contribution in [2.45, 2.75) is 26.2 Å². The Hall–Kier alpha value is -2.43. The summed E-state index contributed by atoms with van der Waals surface area (Å²) in [6.45, 7) is 6.47. The van der Waals surface area contributed by atoms with Crippen LogP contribution in [0.4, 0.5) is 0 Å². The molecule has 5 heteroatoms. The number of hydrogen-bond donors (Lipinski definition) is 0. The highest BCUT2D eigenvalue weighted by molar-refractivity contribution is 5.88. The van der Waals surface area contributed by atoms with E-state index in [1.54, 1.807) is 18.1 Å². The number of methoxy groups -OCH3 is 1. The van der Waals surface area contributed by atoms with Crippen LogP contribution < -0.4 is 4.74 Å². The Morgan fingerprint density at radius 1 is 1.14 bits per heavy atom. The normalized spacial score (nSPS) is 11.8. The first-order chi connectivity index (χ1) is 9.99. The van der Waals surface area contributed by atoms with Crippen LogP contribution in [0.2, 0.25) is 0 Å². The van der Waals surface area contributed by atoms with Gasteiger partial charge in [-0.15, -0.1) is 0 Å². The van der Waals surface area contributed by atoms with Gasteiger partial charge in [-0.25, -0.2) is 14.6 Å². The van der Waals surface area contributed by atoms with E-state index in [2.05, 4.69) is 36.9 Å². The second-order valence-electron chi connectivity index (χ2n) is 6.01. The fourth-order valence-electron chi connectivity index (χ4n) is 2.36. The van der Waals surface area contributed by atoms with E-state index in [0.29, 0.717) is 0 Å². The van der Waals surface area contributed by atoms with Crippen LogP contribution >= 0.6 is 0 Å². The van der Waals surface area contributed by atoms with Crippen molar-refractivity contribution in [1.29, 1.82) is 0 Å². The zero-order valence-electron chi connectivity index (χ0n) is 12.7. The van der Waals surface area contributed by atoms with Gasteiger partial charge in [-0.05, 0) is 29.7 Å². The molecule has 1 aromatic carbocycles. The molecule has 0 unspecified atom stereocenters. The number of benzene rings is 1. The summed E-state index contributed by atoms with van der Waals surface area (Å²) in [6.07, 6.45) is 3.16. The van der Waals surface area contributed by atoms with Gasteiger partial charge >= 0.3 is 0 Å². The maximum Gasteiger partial charge on any atom is 0.156 e. The number of pyridine rings is 1. The third-order valence-corrected chi connectivity index (χ3v) is 3.39. The van der Waals surface area contributed by atoms with Gasteiger partial charge in [0, 0.05) is 10.8 Å². The van der Waals surface area contributed by atoms with E-state index in [-0.39, 0.29) is 5.41 Å². The quantitative estimate of drug-likeness (QED) is 0.724. The third-order valence-electron chi connectivity index (χ3n) is 3.39. The molecule has 108 valence electrons. The number of ether oxygens (including phenoxy) is 1. The fourth-order valence-corrected chi connectivity index (χ4v) is 2.36. The molecule has 0 radical (unpaired) electrons. The molecule has 21 heavy (non-hydrogen) atoms. The predicted molar refractivity (Wildman–Crippen MR) is 81.9 cm³/mol. The molecule has 0 saturated heterocycles. The van der Waals surface area contributed by atoms with Crippen molar-refractivity contribution in [3.05, 3.63) is 42.6 Å². The molecule has 2 aromatic heterocycles. The second kappa shape index (κ2) is 4.84. The Bertz CT molecular complexity index is 773. The van der Waals surface area contributed by atoms with Crippen LogP contribution in [-0.2, 0) is 5.41 Å². The first kappa shape index (κ1) is 13.5. The highest BCUT2D eigenvalue weighted by Crippen LogP contribution is 2.31. The van der Waals surface area contributed by atoms with Crippen LogP contribution in [0.25, 0.3) is 16.6 Å². The van der Waals surface area contributed by atoms with E-state index in [0.717, 1.165) is 28.0 Å². The van der Waals surface area contributed by atoms with Crippen molar-refractivity contribution in [3.63, 3.8) is 0 Å². The van der Waals surface area contributed by atoms with E-state index in [1.807, 2.05) is 18.2 Å². The zero-order valence-corrected chi connectivity index (χ0v) is 12.7. The maximum absolute atomic E-state index is 5.32. The highest BCUT2D eigenvalue weighted by Gasteiger charge is 2.20. The average Bonchev–Trinajstić information content (AvgIpc) is 2.98. The van der Waals surface area contributed by atoms with Crippen LogP contribution in [0.3, 0.4) is 0 Å². The van der Waals surface area contributed by atoms with Crippen LogP contribution in [0.1, 0.15) is 26.5 Å². The van der Waals surface area contributed by atoms with Gasteiger partial charge in [0.2, 0.25) is 0 Å². The van der Waals surface area contributed by atoms with Gasteiger partial charge in [0.25, 0.3) is 0 Å². The predicted octanol–water partition coefficient (Wildman–Crippen LogP) is 3.12. The lowest BCUT2D eigenvalue weighted by Gasteiger charge is -2.21. The number of aromatic nitrogens is 4. The number of nitrogens with zero attached hydrogens (tertiary/aromatic N) is 4. The summed E-state index contributed by atoms with van der Waals surface area (Å²) in [4.78, 5) is 8.78. The van der Waals surface area contributed by atoms with Gasteiger partial charge in [0.15, 0.2) is 5.82 Å². The number of hydrogen-bond acceptors (Lipinski definition) is 4. The summed E-state index contributed by atoms with van der Waals surface area (Å²) < 4.78 is 7.00. The Morgan fingerprint density at radius 3 is 2.57 bits per heavy atom. The smallest absolute Gasteiger partial charge is 0.156 e. The van der Waals surface area contributed by atoms with Crippen LogP contribution in [-0.4, -0.2) is 26.9 Å². The van der Waals surface area contributed by atoms with E-state index in [1.165, 1.54) is 6.33 Å². The number of fused-ring (bicyclic) bond motifs is 1. The number of rotatable bonds is 2. The largest absolute Gasteiger partial charge is 0.497 e. The summed E-state index contributed by atoms with van der Waals surface area (Å²) in [5.41, 5.74) is 0.969. The van der Waals surface area contributed by atoms with E-state index in [9.17, 15) is 0 Å². The van der Waals surface area contributed by atoms with Gasteiger partial charge in [0.05, 0.1) is 12.8 Å². The van der Waals surface area contributed by atoms with Crippen LogP contribution in [0, 0.1) is 0 Å². The summed E-state index contributed by atoms with van der Waals surface area (Å²) >= 11 is 0. The van der Waals surface area contributed by atoms with Gasteiger partial charge in [-0.2, -0.15) is 5.10 Å². The fraction of sp³-hybridized carbons (Fsp3) is 0.312. The van der Waals surface area contributed by atoms with Crippen molar-refractivity contribution in [1.82, 2.24) is 19.7 Å². The Kier molecular flexibility index (Phi) is 3.12. The topological polar surface area (TPSA) is 52.8 Å². The first-order valence-corrected chi connectivity index (χ1v) is 6.83. The average molecular weight is 282 g/mol. The first-order valence-electron chi connectivity index (χ1n) is 6.83. The van der Waals surface area contributed by atoms with Crippen LogP contribution in [0.15, 0.2) is 36.9 Å². The van der Waals surface area contributed by atoms with Crippen molar-refractivity contribution in [3.8, 4) is 11.6 Å². The zero-order chi connectivity index (χ0) is 15.0. The summed E-state index contributed by atoms with van der Waals surface area (Å²) in [5.74, 6) is 1.59. The molecule has 0 fully saturated rings. The Morgan fingerprint density at radius 2 is 1.95 bits per heavy atom. The van der Waals surface area contributed by atoms with Gasteiger partial charge in [0.1, 0.15) is 18.4 Å². The standard InChI is InChI=1S/C16H18N4O/c1-16(2,3)15-13-6-5-12(21-4)7-11(13)8-14(19-15)20-10-17-9-18-20/h5-10H,1-4H3. The van der Waals surface area contributed by atoms with Crippen LogP contribution in [0.5, 0.6) is 5.75 Å². The monoisotopic (exact) mass is 282 g/mol. The van der Waals surface area contributed by atoms with Crippen molar-refractivity contribution in [2.24, 2.45) is 0 Å². The molecule has 0 spiro atoms. The van der Waals surface area contributed by atoms with Crippen molar-refractivity contribution in [2.75, 3.05) is 7.11 Å². The lowest BCUT2D eigenvalue weighted by molar-refractivity contribution is 0.415. The van der Waals surface area contributed by atoms with Crippen molar-refractivity contribution >= 4 is 10.8 Å². The third kappa shape index (κ3) is 2.46. The van der Waals surface area contributed by atoms with Gasteiger partial charge in [-0.3, -0.25) is 0 Å². The van der Waals surface area contributed by atoms with Gasteiger partial charge in [-0.1, -0.05) is 20.8 Å². The molecule has 3 rings (SSSR count).